The number of carbonyl (C=O) groups is 2. The lowest BCUT2D eigenvalue weighted by molar-refractivity contribution is -0.166. The number of allylic oxidation sites excluding steroid dienone is 2. The summed E-state index contributed by atoms with van der Waals surface area (Å²) < 4.78 is 16.9. The SMILES string of the molecule is CC(=O)OC(C1CCC(=O)O1)C1C2C=CC=CC(O2)C1C. The van der Waals surface area contributed by atoms with Crippen LogP contribution in [0.3, 0.4) is 0 Å². The molecule has 3 rings (SSSR count). The summed E-state index contributed by atoms with van der Waals surface area (Å²) in [6.45, 7) is 3.48. The molecular formula is C16H20O5. The van der Waals surface area contributed by atoms with Crippen LogP contribution in [0.15, 0.2) is 24.3 Å². The molecule has 0 aromatic carbocycles. The van der Waals surface area contributed by atoms with Gasteiger partial charge in [-0.1, -0.05) is 31.2 Å². The second kappa shape index (κ2) is 5.64. The highest BCUT2D eigenvalue weighted by molar-refractivity contribution is 5.72. The highest BCUT2D eigenvalue weighted by Crippen LogP contribution is 2.41. The van der Waals surface area contributed by atoms with E-state index in [4.69, 9.17) is 14.2 Å². The van der Waals surface area contributed by atoms with E-state index in [1.165, 1.54) is 6.92 Å². The van der Waals surface area contributed by atoms with Crippen LogP contribution < -0.4 is 0 Å². The summed E-state index contributed by atoms with van der Waals surface area (Å²) in [5, 5.41) is 0. The lowest BCUT2D eigenvalue weighted by Crippen LogP contribution is -2.43. The van der Waals surface area contributed by atoms with E-state index in [1.807, 2.05) is 24.3 Å². The van der Waals surface area contributed by atoms with Gasteiger partial charge >= 0.3 is 11.9 Å². The van der Waals surface area contributed by atoms with Crippen molar-refractivity contribution in [1.82, 2.24) is 0 Å². The maximum atomic E-state index is 11.5. The molecule has 2 bridgehead atoms. The first-order chi connectivity index (χ1) is 10.1. The molecule has 3 aliphatic rings. The van der Waals surface area contributed by atoms with Gasteiger partial charge in [0, 0.05) is 19.3 Å². The van der Waals surface area contributed by atoms with Crippen molar-refractivity contribution in [2.24, 2.45) is 11.8 Å². The Morgan fingerprint density at radius 3 is 2.67 bits per heavy atom. The fourth-order valence-corrected chi connectivity index (χ4v) is 3.51. The number of hydrogen-bond donors (Lipinski definition) is 0. The van der Waals surface area contributed by atoms with Crippen LogP contribution in [-0.4, -0.2) is 36.4 Å². The van der Waals surface area contributed by atoms with E-state index in [0.717, 1.165) is 0 Å². The zero-order valence-electron chi connectivity index (χ0n) is 12.2. The smallest absolute Gasteiger partial charge is 0.306 e. The summed E-state index contributed by atoms with van der Waals surface area (Å²) in [6.07, 6.45) is 7.98. The van der Waals surface area contributed by atoms with Crippen LogP contribution in [0.1, 0.15) is 26.7 Å². The molecule has 5 heteroatoms. The van der Waals surface area contributed by atoms with E-state index < -0.39 is 6.10 Å². The van der Waals surface area contributed by atoms with Crippen molar-refractivity contribution >= 4 is 11.9 Å². The number of ether oxygens (including phenoxy) is 3. The van der Waals surface area contributed by atoms with E-state index in [-0.39, 0.29) is 42.1 Å². The molecule has 6 unspecified atom stereocenters. The molecule has 3 heterocycles. The van der Waals surface area contributed by atoms with Gasteiger partial charge in [-0.25, -0.2) is 0 Å². The minimum atomic E-state index is -0.449. The number of esters is 2. The van der Waals surface area contributed by atoms with E-state index in [9.17, 15) is 9.59 Å². The van der Waals surface area contributed by atoms with Gasteiger partial charge in [0.25, 0.3) is 0 Å². The van der Waals surface area contributed by atoms with Crippen molar-refractivity contribution in [2.45, 2.75) is 51.1 Å². The number of cyclic esters (lactones) is 1. The van der Waals surface area contributed by atoms with Crippen LogP contribution in [0.2, 0.25) is 0 Å². The molecule has 0 aromatic heterocycles. The molecule has 2 fully saturated rings. The Morgan fingerprint density at radius 2 is 2.05 bits per heavy atom. The third-order valence-corrected chi connectivity index (χ3v) is 4.50. The quantitative estimate of drug-likeness (QED) is 0.742. The molecule has 3 aliphatic heterocycles. The van der Waals surface area contributed by atoms with Gasteiger partial charge in [0.15, 0.2) is 0 Å². The summed E-state index contributed by atoms with van der Waals surface area (Å²) >= 11 is 0. The van der Waals surface area contributed by atoms with Gasteiger partial charge in [0.2, 0.25) is 0 Å². The van der Waals surface area contributed by atoms with Gasteiger partial charge in [-0.05, 0) is 12.3 Å². The fraction of sp³-hybridized carbons (Fsp3) is 0.625. The van der Waals surface area contributed by atoms with Crippen molar-refractivity contribution in [3.63, 3.8) is 0 Å². The Kier molecular flexibility index (Phi) is 3.85. The lowest BCUT2D eigenvalue weighted by Gasteiger charge is -2.32. The summed E-state index contributed by atoms with van der Waals surface area (Å²) in [6, 6.07) is 0. The topological polar surface area (TPSA) is 61.8 Å². The molecule has 5 nitrogen and oxygen atoms in total. The molecule has 21 heavy (non-hydrogen) atoms. The highest BCUT2D eigenvalue weighted by Gasteiger charge is 2.50. The minimum Gasteiger partial charge on any atom is -0.458 e. The van der Waals surface area contributed by atoms with Crippen LogP contribution in [-0.2, 0) is 23.8 Å². The zero-order chi connectivity index (χ0) is 15.0. The molecule has 0 saturated carbocycles. The van der Waals surface area contributed by atoms with Crippen LogP contribution in [0, 0.1) is 11.8 Å². The van der Waals surface area contributed by atoms with Crippen LogP contribution >= 0.6 is 0 Å². The number of carbonyl (C=O) groups excluding carboxylic acids is 2. The summed E-state index contributed by atoms with van der Waals surface area (Å²) in [5.74, 6) is -0.385. The van der Waals surface area contributed by atoms with Gasteiger partial charge in [-0.15, -0.1) is 0 Å². The summed E-state index contributed by atoms with van der Waals surface area (Å²) in [5.41, 5.74) is 0. The maximum absolute atomic E-state index is 11.5. The minimum absolute atomic E-state index is 0.00370. The lowest BCUT2D eigenvalue weighted by atomic mass is 9.80. The third kappa shape index (κ3) is 2.75. The maximum Gasteiger partial charge on any atom is 0.306 e. The average molecular weight is 292 g/mol. The van der Waals surface area contributed by atoms with Gasteiger partial charge in [0.1, 0.15) is 12.2 Å². The average Bonchev–Trinajstić information content (AvgIpc) is 2.86. The number of rotatable bonds is 3. The second-order valence-corrected chi connectivity index (χ2v) is 5.91. The van der Waals surface area contributed by atoms with E-state index in [1.54, 1.807) is 0 Å². The number of fused-ring (bicyclic) bond motifs is 2. The predicted octanol–water partition coefficient (Wildman–Crippen LogP) is 1.77. The molecule has 0 N–H and O–H groups in total. The van der Waals surface area contributed by atoms with Gasteiger partial charge in [-0.3, -0.25) is 9.59 Å². The Hall–Kier alpha value is -1.62. The number of hydrogen-bond acceptors (Lipinski definition) is 5. The van der Waals surface area contributed by atoms with Gasteiger partial charge in [0.05, 0.1) is 12.2 Å². The van der Waals surface area contributed by atoms with Gasteiger partial charge < -0.3 is 14.2 Å². The molecule has 0 amide bonds. The molecule has 6 atom stereocenters. The summed E-state index contributed by atoms with van der Waals surface area (Å²) in [7, 11) is 0. The molecule has 114 valence electrons. The molecule has 0 aromatic rings. The van der Waals surface area contributed by atoms with Gasteiger partial charge in [-0.2, -0.15) is 0 Å². The Labute approximate surface area is 123 Å². The standard InChI is InChI=1S/C16H20O5/c1-9-11-5-3-4-6-12(20-11)15(9)16(19-10(2)17)13-7-8-14(18)21-13/h3-6,9,11-13,15-16H,7-8H2,1-2H3. The Bertz CT molecular complexity index is 495. The molecule has 0 spiro atoms. The molecular weight excluding hydrogens is 272 g/mol. The summed E-state index contributed by atoms with van der Waals surface area (Å²) in [4.78, 5) is 22.9. The van der Waals surface area contributed by atoms with E-state index in [0.29, 0.717) is 12.8 Å². The van der Waals surface area contributed by atoms with Crippen LogP contribution in [0.4, 0.5) is 0 Å². The highest BCUT2D eigenvalue weighted by atomic mass is 16.6. The predicted molar refractivity (Wildman–Crippen MR) is 74.3 cm³/mol. The van der Waals surface area contributed by atoms with E-state index in [2.05, 4.69) is 6.92 Å². The first-order valence-corrected chi connectivity index (χ1v) is 7.43. The molecule has 0 radical (unpaired) electrons. The van der Waals surface area contributed by atoms with Crippen molar-refractivity contribution < 1.29 is 23.8 Å². The van der Waals surface area contributed by atoms with Crippen LogP contribution in [0.25, 0.3) is 0 Å². The molecule has 0 aliphatic carbocycles. The second-order valence-electron chi connectivity index (χ2n) is 5.91. The van der Waals surface area contributed by atoms with E-state index >= 15 is 0 Å². The Morgan fingerprint density at radius 1 is 1.33 bits per heavy atom. The largest absolute Gasteiger partial charge is 0.458 e. The first kappa shape index (κ1) is 14.3. The fourth-order valence-electron chi connectivity index (χ4n) is 3.51. The Balaban J connectivity index is 1.85. The molecule has 2 saturated heterocycles. The van der Waals surface area contributed by atoms with Crippen molar-refractivity contribution in [1.29, 1.82) is 0 Å². The zero-order valence-corrected chi connectivity index (χ0v) is 12.2. The normalized spacial score (nSPS) is 39.0. The van der Waals surface area contributed by atoms with Crippen molar-refractivity contribution in [3.05, 3.63) is 24.3 Å². The van der Waals surface area contributed by atoms with Crippen molar-refractivity contribution in [3.8, 4) is 0 Å². The third-order valence-electron chi connectivity index (χ3n) is 4.50. The first-order valence-electron chi connectivity index (χ1n) is 7.43. The van der Waals surface area contributed by atoms with Crippen molar-refractivity contribution in [2.75, 3.05) is 0 Å². The monoisotopic (exact) mass is 292 g/mol. The van der Waals surface area contributed by atoms with Crippen LogP contribution in [0.5, 0.6) is 0 Å².